The summed E-state index contributed by atoms with van der Waals surface area (Å²) in [7, 11) is 3.79. The molecule has 2 N–H and O–H groups in total. The van der Waals surface area contributed by atoms with E-state index >= 15 is 0 Å². The smallest absolute Gasteiger partial charge is 0.212 e. The zero-order valence-electron chi connectivity index (χ0n) is 11.0. The summed E-state index contributed by atoms with van der Waals surface area (Å²) in [4.78, 5) is 6.66. The molecular formula is C13H21N3OS. The van der Waals surface area contributed by atoms with Crippen LogP contribution in [0.5, 0.6) is 5.88 Å². The number of hydrogen-bond donors (Lipinski definition) is 1. The molecule has 2 heterocycles. The molecule has 0 aliphatic carbocycles. The van der Waals surface area contributed by atoms with Crippen molar-refractivity contribution in [2.45, 2.75) is 18.5 Å². The molecule has 1 aliphatic rings. The molecular weight excluding hydrogens is 246 g/mol. The van der Waals surface area contributed by atoms with Gasteiger partial charge in [0.2, 0.25) is 5.88 Å². The van der Waals surface area contributed by atoms with Crippen LogP contribution >= 0.6 is 11.8 Å². The first kappa shape index (κ1) is 13.6. The summed E-state index contributed by atoms with van der Waals surface area (Å²) in [6, 6.07) is 4.83. The van der Waals surface area contributed by atoms with Crippen LogP contribution in [0.4, 0.5) is 0 Å². The molecule has 5 heteroatoms. The van der Waals surface area contributed by atoms with Crippen molar-refractivity contribution in [3.8, 4) is 5.88 Å². The van der Waals surface area contributed by atoms with Crippen LogP contribution in [0.1, 0.15) is 18.0 Å². The van der Waals surface area contributed by atoms with E-state index in [9.17, 15) is 0 Å². The molecule has 1 aliphatic heterocycles. The number of nitrogens with zero attached hydrogens (tertiary/aromatic N) is 2. The van der Waals surface area contributed by atoms with Gasteiger partial charge in [-0.1, -0.05) is 6.07 Å². The van der Waals surface area contributed by atoms with Gasteiger partial charge in [-0.3, -0.25) is 4.90 Å². The van der Waals surface area contributed by atoms with Crippen molar-refractivity contribution in [2.75, 3.05) is 32.2 Å². The van der Waals surface area contributed by atoms with Crippen molar-refractivity contribution >= 4 is 11.8 Å². The van der Waals surface area contributed by atoms with Crippen molar-refractivity contribution in [1.82, 2.24) is 9.88 Å². The van der Waals surface area contributed by atoms with Crippen LogP contribution < -0.4 is 10.5 Å². The van der Waals surface area contributed by atoms with Crippen molar-refractivity contribution in [3.63, 3.8) is 0 Å². The Kier molecular flexibility index (Phi) is 4.86. The van der Waals surface area contributed by atoms with Crippen molar-refractivity contribution in [2.24, 2.45) is 5.73 Å². The van der Waals surface area contributed by atoms with E-state index in [1.807, 2.05) is 24.0 Å². The second kappa shape index (κ2) is 6.41. The quantitative estimate of drug-likeness (QED) is 0.877. The minimum atomic E-state index is 0.243. The van der Waals surface area contributed by atoms with Gasteiger partial charge in [0.15, 0.2) is 0 Å². The van der Waals surface area contributed by atoms with Gasteiger partial charge in [0.05, 0.1) is 7.11 Å². The number of rotatable bonds is 5. The molecule has 18 heavy (non-hydrogen) atoms. The van der Waals surface area contributed by atoms with Gasteiger partial charge in [0.1, 0.15) is 0 Å². The molecule has 2 atom stereocenters. The highest BCUT2D eigenvalue weighted by molar-refractivity contribution is 7.99. The summed E-state index contributed by atoms with van der Waals surface area (Å²) in [6.07, 6.45) is 3.12. The van der Waals surface area contributed by atoms with E-state index in [1.54, 1.807) is 7.11 Å². The number of ether oxygens (including phenoxy) is 1. The molecule has 0 radical (unpaired) electrons. The van der Waals surface area contributed by atoms with E-state index in [0.29, 0.717) is 18.5 Å². The van der Waals surface area contributed by atoms with Gasteiger partial charge in [-0.15, -0.1) is 0 Å². The average Bonchev–Trinajstić information content (AvgIpc) is 2.94. The Bertz CT molecular complexity index is 365. The third kappa shape index (κ3) is 2.96. The summed E-state index contributed by atoms with van der Waals surface area (Å²) in [6.45, 7) is 0.617. The predicted octanol–water partition coefficient (Wildman–Crippen LogP) is 1.53. The first-order valence-corrected chi connectivity index (χ1v) is 7.41. The number of hydrogen-bond acceptors (Lipinski definition) is 5. The summed E-state index contributed by atoms with van der Waals surface area (Å²) in [5, 5.41) is 0. The van der Waals surface area contributed by atoms with E-state index < -0.39 is 0 Å². The Morgan fingerprint density at radius 1 is 1.61 bits per heavy atom. The van der Waals surface area contributed by atoms with E-state index in [2.05, 4.69) is 23.0 Å². The van der Waals surface area contributed by atoms with Crippen LogP contribution in [-0.2, 0) is 0 Å². The maximum Gasteiger partial charge on any atom is 0.212 e. The lowest BCUT2D eigenvalue weighted by atomic mass is 10.1. The van der Waals surface area contributed by atoms with Gasteiger partial charge in [-0.05, 0) is 24.8 Å². The van der Waals surface area contributed by atoms with Gasteiger partial charge in [0, 0.05) is 36.6 Å². The van der Waals surface area contributed by atoms with Crippen molar-refractivity contribution in [3.05, 3.63) is 23.9 Å². The molecule has 0 amide bonds. The van der Waals surface area contributed by atoms with Crippen molar-refractivity contribution < 1.29 is 4.74 Å². The Morgan fingerprint density at radius 2 is 2.44 bits per heavy atom. The lowest BCUT2D eigenvalue weighted by Gasteiger charge is -2.32. The normalized spacial score (nSPS) is 21.2. The molecule has 0 saturated carbocycles. The average molecular weight is 267 g/mol. The van der Waals surface area contributed by atoms with E-state index in [-0.39, 0.29) is 6.04 Å². The Balaban J connectivity index is 2.10. The first-order valence-electron chi connectivity index (χ1n) is 6.26. The van der Waals surface area contributed by atoms with Gasteiger partial charge in [-0.25, -0.2) is 4.98 Å². The fraction of sp³-hybridized carbons (Fsp3) is 0.615. The van der Waals surface area contributed by atoms with Crippen molar-refractivity contribution in [1.29, 1.82) is 0 Å². The van der Waals surface area contributed by atoms with Gasteiger partial charge in [-0.2, -0.15) is 11.8 Å². The van der Waals surface area contributed by atoms with Gasteiger partial charge >= 0.3 is 0 Å². The third-order valence-electron chi connectivity index (χ3n) is 3.55. The van der Waals surface area contributed by atoms with Crippen LogP contribution in [0.25, 0.3) is 0 Å². The highest BCUT2D eigenvalue weighted by Gasteiger charge is 2.26. The molecule has 100 valence electrons. The zero-order valence-corrected chi connectivity index (χ0v) is 11.8. The fourth-order valence-electron chi connectivity index (χ4n) is 2.34. The van der Waals surface area contributed by atoms with Crippen LogP contribution in [0.2, 0.25) is 0 Å². The summed E-state index contributed by atoms with van der Waals surface area (Å²) >= 11 is 2.02. The van der Waals surface area contributed by atoms with Crippen LogP contribution in [-0.4, -0.2) is 48.1 Å². The van der Waals surface area contributed by atoms with Crippen LogP contribution in [0.3, 0.4) is 0 Å². The zero-order chi connectivity index (χ0) is 13.0. The van der Waals surface area contributed by atoms with Gasteiger partial charge in [0.25, 0.3) is 0 Å². The molecule has 1 aromatic heterocycles. The number of pyridine rings is 1. The van der Waals surface area contributed by atoms with E-state index in [4.69, 9.17) is 10.5 Å². The number of thioether (sulfide) groups is 1. The molecule has 0 bridgehead atoms. The minimum absolute atomic E-state index is 0.243. The lowest BCUT2D eigenvalue weighted by molar-refractivity contribution is 0.192. The maximum atomic E-state index is 5.94. The molecule has 0 aromatic carbocycles. The highest BCUT2D eigenvalue weighted by atomic mass is 32.2. The second-order valence-electron chi connectivity index (χ2n) is 4.57. The van der Waals surface area contributed by atoms with Crippen LogP contribution in [0, 0.1) is 0 Å². The maximum absolute atomic E-state index is 5.94. The number of methoxy groups -OCH3 is 1. The summed E-state index contributed by atoms with van der Waals surface area (Å²) in [5.74, 6) is 3.11. The number of aromatic nitrogens is 1. The van der Waals surface area contributed by atoms with E-state index in [0.717, 1.165) is 5.56 Å². The molecule has 4 nitrogen and oxygen atoms in total. The summed E-state index contributed by atoms with van der Waals surface area (Å²) < 4.78 is 5.08. The standard InChI is InChI=1S/C13H21N3OS/c1-16(11-5-6-18-9-11)12(7-14)10-3-4-13(17-2)15-8-10/h3-4,8,11-12H,5-7,9,14H2,1-2H3. The Morgan fingerprint density at radius 3 is 2.94 bits per heavy atom. The SMILES string of the molecule is COc1ccc(C(CN)N(C)C2CCSC2)cn1. The molecule has 2 unspecified atom stereocenters. The monoisotopic (exact) mass is 267 g/mol. The number of likely N-dealkylation sites (N-methyl/N-ethyl adjacent to an activating group) is 1. The first-order chi connectivity index (χ1) is 8.76. The Hall–Kier alpha value is -0.780. The van der Waals surface area contributed by atoms with E-state index in [1.165, 1.54) is 17.9 Å². The highest BCUT2D eigenvalue weighted by Crippen LogP contribution is 2.28. The summed E-state index contributed by atoms with van der Waals surface area (Å²) in [5.41, 5.74) is 7.10. The third-order valence-corrected chi connectivity index (χ3v) is 4.69. The second-order valence-corrected chi connectivity index (χ2v) is 5.72. The largest absolute Gasteiger partial charge is 0.481 e. The molecule has 2 rings (SSSR count). The fourth-order valence-corrected chi connectivity index (χ4v) is 3.62. The lowest BCUT2D eigenvalue weighted by Crippen LogP contribution is -2.38. The molecule has 0 spiro atoms. The molecule has 1 aromatic rings. The van der Waals surface area contributed by atoms with Crippen LogP contribution in [0.15, 0.2) is 18.3 Å². The number of nitrogens with two attached hydrogens (primary N) is 1. The topological polar surface area (TPSA) is 51.4 Å². The molecule has 1 fully saturated rings. The minimum Gasteiger partial charge on any atom is -0.481 e. The Labute approximate surface area is 113 Å². The molecule has 1 saturated heterocycles. The predicted molar refractivity (Wildman–Crippen MR) is 76.1 cm³/mol. The van der Waals surface area contributed by atoms with Gasteiger partial charge < -0.3 is 10.5 Å².